The van der Waals surface area contributed by atoms with E-state index in [1.807, 2.05) is 12.1 Å². The van der Waals surface area contributed by atoms with E-state index in [1.54, 1.807) is 0 Å². The average Bonchev–Trinajstić information content (AvgIpc) is 2.73. The predicted octanol–water partition coefficient (Wildman–Crippen LogP) is 1.23. The molecule has 0 spiro atoms. The van der Waals surface area contributed by atoms with Crippen LogP contribution in [0.15, 0.2) is 15.9 Å². The molecule has 1 aromatic rings. The van der Waals surface area contributed by atoms with E-state index in [1.165, 1.54) is 11.3 Å². The molecule has 1 aromatic heterocycles. The maximum absolute atomic E-state index is 11.7. The molecule has 1 rings (SSSR count). The van der Waals surface area contributed by atoms with E-state index in [0.717, 1.165) is 13.6 Å². The number of nitrogens with zero attached hydrogens (tertiary/aromatic N) is 1. The third kappa shape index (κ3) is 6.02. The van der Waals surface area contributed by atoms with Crippen LogP contribution < -0.4 is 5.32 Å². The fourth-order valence-electron chi connectivity index (χ4n) is 1.42. The summed E-state index contributed by atoms with van der Waals surface area (Å²) in [5.41, 5.74) is 0. The molecule has 110 valence electrons. The molecular formula is C11H13BrN2O5S. The van der Waals surface area contributed by atoms with Crippen molar-refractivity contribution in [1.29, 1.82) is 0 Å². The summed E-state index contributed by atoms with van der Waals surface area (Å²) in [6.45, 7) is -0.993. The zero-order valence-electron chi connectivity index (χ0n) is 10.3. The molecule has 3 N–H and O–H groups in total. The summed E-state index contributed by atoms with van der Waals surface area (Å²) in [5, 5.41) is 19.8. The second-order valence-electron chi connectivity index (χ2n) is 3.83. The van der Waals surface area contributed by atoms with Crippen molar-refractivity contribution in [3.8, 4) is 0 Å². The summed E-state index contributed by atoms with van der Waals surface area (Å²) in [6.07, 6.45) is 0.593. The Hall–Kier alpha value is -1.61. The second kappa shape index (κ2) is 7.85. The number of carbonyl (C=O) groups is 3. The number of nitrogens with one attached hydrogen (secondary N) is 1. The van der Waals surface area contributed by atoms with Crippen LogP contribution in [0.3, 0.4) is 0 Å². The van der Waals surface area contributed by atoms with Gasteiger partial charge in [0.1, 0.15) is 13.1 Å². The largest absolute Gasteiger partial charge is 0.480 e. The number of carbonyl (C=O) groups excluding carboxylic acids is 1. The number of rotatable bonds is 7. The predicted molar refractivity (Wildman–Crippen MR) is 76.0 cm³/mol. The van der Waals surface area contributed by atoms with Gasteiger partial charge in [0.25, 0.3) is 0 Å². The molecule has 0 aliphatic carbocycles. The lowest BCUT2D eigenvalue weighted by Gasteiger charge is -2.18. The van der Waals surface area contributed by atoms with E-state index in [9.17, 15) is 14.4 Å². The van der Waals surface area contributed by atoms with Crippen LogP contribution in [0.25, 0.3) is 0 Å². The zero-order valence-corrected chi connectivity index (χ0v) is 12.7. The third-order valence-corrected chi connectivity index (χ3v) is 3.90. The molecule has 9 heteroatoms. The standard InChI is InChI=1S/C11H13BrN2O5S/c12-8-2-1-7(20-8)3-4-13-11(19)14(5-9(15)16)6-10(17)18/h1-2H,3-6H2,(H,13,19)(H,15,16)(H,17,18). The van der Waals surface area contributed by atoms with Crippen LogP contribution in [0.2, 0.25) is 0 Å². The third-order valence-electron chi connectivity index (χ3n) is 2.22. The minimum absolute atomic E-state index is 0.307. The summed E-state index contributed by atoms with van der Waals surface area (Å²) in [6, 6.07) is 3.10. The van der Waals surface area contributed by atoms with Crippen molar-refractivity contribution in [2.24, 2.45) is 0 Å². The number of urea groups is 1. The Balaban J connectivity index is 2.44. The molecule has 0 aliphatic heterocycles. The smallest absolute Gasteiger partial charge is 0.323 e. The minimum atomic E-state index is -1.26. The van der Waals surface area contributed by atoms with Crippen LogP contribution in [0.1, 0.15) is 4.88 Å². The van der Waals surface area contributed by atoms with Gasteiger partial charge in [-0.3, -0.25) is 9.59 Å². The van der Waals surface area contributed by atoms with Gasteiger partial charge in [0, 0.05) is 11.4 Å². The van der Waals surface area contributed by atoms with Crippen molar-refractivity contribution in [2.45, 2.75) is 6.42 Å². The number of amides is 2. The first-order valence-electron chi connectivity index (χ1n) is 5.59. The quantitative estimate of drug-likeness (QED) is 0.674. The number of thiophene rings is 1. The molecule has 2 amide bonds. The number of halogens is 1. The summed E-state index contributed by atoms with van der Waals surface area (Å²) in [7, 11) is 0. The summed E-state index contributed by atoms with van der Waals surface area (Å²) in [5.74, 6) is -2.52. The molecular weight excluding hydrogens is 352 g/mol. The Kier molecular flexibility index (Phi) is 6.46. The average molecular weight is 365 g/mol. The fraction of sp³-hybridized carbons (Fsp3) is 0.364. The molecule has 1 heterocycles. The van der Waals surface area contributed by atoms with Gasteiger partial charge in [-0.15, -0.1) is 11.3 Å². The first-order chi connectivity index (χ1) is 9.38. The zero-order chi connectivity index (χ0) is 15.1. The van der Waals surface area contributed by atoms with E-state index in [-0.39, 0.29) is 0 Å². The number of hydrogen-bond donors (Lipinski definition) is 3. The molecule has 0 saturated carbocycles. The van der Waals surface area contributed by atoms with Crippen molar-refractivity contribution < 1.29 is 24.6 Å². The van der Waals surface area contributed by atoms with Crippen LogP contribution in [-0.2, 0) is 16.0 Å². The van der Waals surface area contributed by atoms with E-state index >= 15 is 0 Å². The van der Waals surface area contributed by atoms with Crippen LogP contribution in [-0.4, -0.2) is 52.7 Å². The lowest BCUT2D eigenvalue weighted by molar-refractivity contribution is -0.140. The maximum atomic E-state index is 11.7. The van der Waals surface area contributed by atoms with Gasteiger partial charge in [0.2, 0.25) is 0 Å². The van der Waals surface area contributed by atoms with E-state index in [4.69, 9.17) is 10.2 Å². The number of carboxylic acids is 2. The molecule has 0 radical (unpaired) electrons. The molecule has 0 atom stereocenters. The lowest BCUT2D eigenvalue weighted by Crippen LogP contribution is -2.45. The SMILES string of the molecule is O=C(O)CN(CC(=O)O)C(=O)NCCc1ccc(Br)s1. The minimum Gasteiger partial charge on any atom is -0.480 e. The monoisotopic (exact) mass is 364 g/mol. The Morgan fingerprint density at radius 1 is 1.20 bits per heavy atom. The van der Waals surface area contributed by atoms with Gasteiger partial charge in [-0.05, 0) is 34.5 Å². The van der Waals surface area contributed by atoms with Gasteiger partial charge < -0.3 is 20.4 Å². The van der Waals surface area contributed by atoms with Gasteiger partial charge >= 0.3 is 18.0 Å². The molecule has 20 heavy (non-hydrogen) atoms. The number of aliphatic carboxylic acids is 2. The molecule has 7 nitrogen and oxygen atoms in total. The van der Waals surface area contributed by atoms with Gasteiger partial charge in [0.05, 0.1) is 3.79 Å². The van der Waals surface area contributed by atoms with Crippen molar-refractivity contribution in [1.82, 2.24) is 10.2 Å². The molecule has 0 saturated heterocycles. The second-order valence-corrected chi connectivity index (χ2v) is 6.38. The van der Waals surface area contributed by atoms with Crippen molar-refractivity contribution in [3.05, 3.63) is 20.8 Å². The number of carboxylic acid groups (broad SMARTS) is 2. The summed E-state index contributed by atoms with van der Waals surface area (Å²) >= 11 is 4.86. The highest BCUT2D eigenvalue weighted by molar-refractivity contribution is 9.11. The van der Waals surface area contributed by atoms with Gasteiger partial charge in [-0.1, -0.05) is 0 Å². The maximum Gasteiger partial charge on any atom is 0.323 e. The normalized spacial score (nSPS) is 10.1. The van der Waals surface area contributed by atoms with Crippen LogP contribution in [0.4, 0.5) is 4.79 Å². The van der Waals surface area contributed by atoms with Gasteiger partial charge in [-0.25, -0.2) is 4.79 Å². The van der Waals surface area contributed by atoms with Crippen LogP contribution >= 0.6 is 27.3 Å². The topological polar surface area (TPSA) is 107 Å². The lowest BCUT2D eigenvalue weighted by atomic mass is 10.3. The molecule has 0 bridgehead atoms. The van der Waals surface area contributed by atoms with E-state index in [0.29, 0.717) is 13.0 Å². The van der Waals surface area contributed by atoms with Gasteiger partial charge in [-0.2, -0.15) is 0 Å². The van der Waals surface area contributed by atoms with Crippen LogP contribution in [0.5, 0.6) is 0 Å². The van der Waals surface area contributed by atoms with Crippen LogP contribution in [0, 0.1) is 0 Å². The van der Waals surface area contributed by atoms with E-state index in [2.05, 4.69) is 21.2 Å². The molecule has 0 aromatic carbocycles. The highest BCUT2D eigenvalue weighted by atomic mass is 79.9. The van der Waals surface area contributed by atoms with Crippen molar-refractivity contribution in [2.75, 3.05) is 19.6 Å². The fourth-order valence-corrected chi connectivity index (χ4v) is 2.90. The number of hydrogen-bond acceptors (Lipinski definition) is 4. The Bertz CT molecular complexity index is 489. The summed E-state index contributed by atoms with van der Waals surface area (Å²) in [4.78, 5) is 34.6. The van der Waals surface area contributed by atoms with Crippen molar-refractivity contribution >= 4 is 45.2 Å². The van der Waals surface area contributed by atoms with Gasteiger partial charge in [0.15, 0.2) is 0 Å². The first kappa shape index (κ1) is 16.4. The first-order valence-corrected chi connectivity index (χ1v) is 7.20. The van der Waals surface area contributed by atoms with Crippen molar-refractivity contribution in [3.63, 3.8) is 0 Å². The molecule has 0 aliphatic rings. The molecule has 0 unspecified atom stereocenters. The summed E-state index contributed by atoms with van der Waals surface area (Å²) < 4.78 is 0.984. The Morgan fingerprint density at radius 2 is 1.80 bits per heavy atom. The highest BCUT2D eigenvalue weighted by Gasteiger charge is 2.19. The Labute approximate surface area is 127 Å². The van der Waals surface area contributed by atoms with E-state index < -0.39 is 31.1 Å². The molecule has 0 fully saturated rings. The Morgan fingerprint density at radius 3 is 2.25 bits per heavy atom. The highest BCUT2D eigenvalue weighted by Crippen LogP contribution is 2.21.